The van der Waals surface area contributed by atoms with Crippen LogP contribution in [0.15, 0.2) is 24.3 Å². The molecular weight excluding hydrogens is 271 g/mol. The van der Waals surface area contributed by atoms with Gasteiger partial charge in [0, 0.05) is 13.1 Å². The lowest BCUT2D eigenvalue weighted by Gasteiger charge is -2.29. The molecule has 1 atom stereocenters. The number of nitrogens with one attached hydrogen (secondary N) is 1. The molecule has 1 unspecified atom stereocenters. The van der Waals surface area contributed by atoms with Gasteiger partial charge in [0.05, 0.1) is 11.7 Å². The number of hydrogen-bond acceptors (Lipinski definition) is 3. The molecule has 2 rings (SSSR count). The van der Waals surface area contributed by atoms with Crippen molar-refractivity contribution in [3.8, 4) is 0 Å². The van der Waals surface area contributed by atoms with Crippen molar-refractivity contribution in [2.75, 3.05) is 18.4 Å². The van der Waals surface area contributed by atoms with Crippen LogP contribution < -0.4 is 5.32 Å². The van der Waals surface area contributed by atoms with Gasteiger partial charge in [-0.1, -0.05) is 12.1 Å². The van der Waals surface area contributed by atoms with Gasteiger partial charge in [0.25, 0.3) is 0 Å². The molecule has 0 aromatic heterocycles. The summed E-state index contributed by atoms with van der Waals surface area (Å²) in [5.74, 6) is -0.278. The molecule has 1 aliphatic rings. The van der Waals surface area contributed by atoms with Crippen LogP contribution in [-0.4, -0.2) is 35.7 Å². The molecule has 1 amide bonds. The monoisotopic (exact) mass is 294 g/mol. The van der Waals surface area contributed by atoms with Crippen LogP contribution in [0.5, 0.6) is 0 Å². The minimum Gasteiger partial charge on any atom is -0.444 e. The van der Waals surface area contributed by atoms with Gasteiger partial charge >= 0.3 is 6.09 Å². The molecule has 1 saturated heterocycles. The van der Waals surface area contributed by atoms with E-state index in [1.54, 1.807) is 23.1 Å². The van der Waals surface area contributed by atoms with Crippen LogP contribution in [0.4, 0.5) is 14.9 Å². The summed E-state index contributed by atoms with van der Waals surface area (Å²) in [4.78, 5) is 13.9. The second-order valence-electron chi connectivity index (χ2n) is 6.33. The molecule has 0 bridgehead atoms. The summed E-state index contributed by atoms with van der Waals surface area (Å²) in [6.07, 6.45) is 1.56. The van der Waals surface area contributed by atoms with E-state index in [1.807, 2.05) is 20.8 Å². The smallest absolute Gasteiger partial charge is 0.410 e. The predicted molar refractivity (Wildman–Crippen MR) is 80.9 cm³/mol. The van der Waals surface area contributed by atoms with Gasteiger partial charge in [0.1, 0.15) is 11.4 Å². The number of anilines is 1. The minimum atomic E-state index is -0.497. The van der Waals surface area contributed by atoms with Crippen molar-refractivity contribution < 1.29 is 13.9 Å². The Morgan fingerprint density at radius 3 is 2.81 bits per heavy atom. The molecule has 0 spiro atoms. The second kappa shape index (κ2) is 6.33. The molecule has 1 heterocycles. The number of nitrogens with zero attached hydrogens (tertiary/aromatic N) is 1. The highest BCUT2D eigenvalue weighted by atomic mass is 19.1. The summed E-state index contributed by atoms with van der Waals surface area (Å²) in [6.45, 7) is 6.79. The number of amides is 1. The summed E-state index contributed by atoms with van der Waals surface area (Å²) < 4.78 is 19.0. The molecule has 1 aliphatic heterocycles. The number of carbonyl (C=O) groups excluding carboxylic acids is 1. The summed E-state index contributed by atoms with van der Waals surface area (Å²) >= 11 is 0. The van der Waals surface area contributed by atoms with Gasteiger partial charge in [0.2, 0.25) is 0 Å². The largest absolute Gasteiger partial charge is 0.444 e. The van der Waals surface area contributed by atoms with Gasteiger partial charge in [-0.15, -0.1) is 0 Å². The van der Waals surface area contributed by atoms with Gasteiger partial charge in [0.15, 0.2) is 0 Å². The van der Waals surface area contributed by atoms with E-state index in [0.717, 1.165) is 12.8 Å². The predicted octanol–water partition coefficient (Wildman–Crippen LogP) is 3.64. The van der Waals surface area contributed by atoms with E-state index < -0.39 is 5.60 Å². The number of likely N-dealkylation sites (tertiary alicyclic amines) is 1. The highest BCUT2D eigenvalue weighted by molar-refractivity contribution is 5.69. The molecule has 1 aromatic carbocycles. The van der Waals surface area contributed by atoms with E-state index in [-0.39, 0.29) is 18.0 Å². The molecule has 0 radical (unpaired) electrons. The van der Waals surface area contributed by atoms with E-state index in [1.165, 1.54) is 6.07 Å². The van der Waals surface area contributed by atoms with Crippen LogP contribution in [-0.2, 0) is 4.74 Å². The Morgan fingerprint density at radius 2 is 2.14 bits per heavy atom. The lowest BCUT2D eigenvalue weighted by molar-refractivity contribution is 0.0235. The quantitative estimate of drug-likeness (QED) is 0.925. The highest BCUT2D eigenvalue weighted by Crippen LogP contribution is 2.22. The number of ether oxygens (including phenoxy) is 1. The van der Waals surface area contributed by atoms with E-state index in [4.69, 9.17) is 4.74 Å². The zero-order valence-corrected chi connectivity index (χ0v) is 12.9. The third kappa shape index (κ3) is 4.34. The van der Waals surface area contributed by atoms with Crippen LogP contribution >= 0.6 is 0 Å². The van der Waals surface area contributed by atoms with Crippen LogP contribution in [0.1, 0.15) is 33.6 Å². The molecule has 21 heavy (non-hydrogen) atoms. The molecule has 4 nitrogen and oxygen atoms in total. The highest BCUT2D eigenvalue weighted by Gasteiger charge is 2.31. The molecule has 1 aromatic rings. The van der Waals surface area contributed by atoms with Gasteiger partial charge in [-0.25, -0.2) is 9.18 Å². The number of benzene rings is 1. The molecule has 116 valence electrons. The molecule has 0 aliphatic carbocycles. The van der Waals surface area contributed by atoms with E-state index in [2.05, 4.69) is 5.32 Å². The molecular formula is C16H23FN2O2. The Morgan fingerprint density at radius 1 is 1.43 bits per heavy atom. The lowest BCUT2D eigenvalue weighted by Crippen LogP contribution is -2.42. The maximum Gasteiger partial charge on any atom is 0.410 e. The van der Waals surface area contributed by atoms with Crippen molar-refractivity contribution in [2.24, 2.45) is 0 Å². The van der Waals surface area contributed by atoms with Crippen molar-refractivity contribution in [1.29, 1.82) is 0 Å². The Bertz CT molecular complexity index is 499. The van der Waals surface area contributed by atoms with Crippen molar-refractivity contribution in [3.05, 3.63) is 30.1 Å². The van der Waals surface area contributed by atoms with Gasteiger partial charge < -0.3 is 15.0 Å². The third-order valence-electron chi connectivity index (χ3n) is 3.41. The van der Waals surface area contributed by atoms with Crippen LogP contribution in [0.25, 0.3) is 0 Å². The summed E-state index contributed by atoms with van der Waals surface area (Å²) in [7, 11) is 0. The third-order valence-corrected chi connectivity index (χ3v) is 3.41. The van der Waals surface area contributed by atoms with Crippen molar-refractivity contribution in [1.82, 2.24) is 4.90 Å². The number of para-hydroxylation sites is 1. The number of carbonyl (C=O) groups is 1. The number of rotatable bonds is 3. The Kier molecular flexibility index (Phi) is 4.70. The van der Waals surface area contributed by atoms with Crippen molar-refractivity contribution >= 4 is 11.8 Å². The van der Waals surface area contributed by atoms with E-state index in [9.17, 15) is 9.18 Å². The molecule has 0 saturated carbocycles. The van der Waals surface area contributed by atoms with Gasteiger partial charge in [-0.3, -0.25) is 0 Å². The van der Waals surface area contributed by atoms with Crippen LogP contribution in [0, 0.1) is 5.82 Å². The fourth-order valence-electron chi connectivity index (χ4n) is 2.44. The Hall–Kier alpha value is -1.78. The Balaban J connectivity index is 1.93. The van der Waals surface area contributed by atoms with E-state index >= 15 is 0 Å². The lowest BCUT2D eigenvalue weighted by atomic mass is 10.2. The van der Waals surface area contributed by atoms with Crippen molar-refractivity contribution in [2.45, 2.75) is 45.3 Å². The first-order valence-electron chi connectivity index (χ1n) is 7.35. The van der Waals surface area contributed by atoms with Crippen molar-refractivity contribution in [3.63, 3.8) is 0 Å². The molecule has 5 heteroatoms. The number of hydrogen-bond donors (Lipinski definition) is 1. The maximum absolute atomic E-state index is 13.6. The molecule has 1 N–H and O–H groups in total. The van der Waals surface area contributed by atoms with Crippen LogP contribution in [0.3, 0.4) is 0 Å². The fourth-order valence-corrected chi connectivity index (χ4v) is 2.44. The fraction of sp³-hybridized carbons (Fsp3) is 0.562. The molecule has 1 fully saturated rings. The van der Waals surface area contributed by atoms with E-state index in [0.29, 0.717) is 18.8 Å². The maximum atomic E-state index is 13.6. The standard InChI is InChI=1S/C16H23FN2O2/c1-16(2,3)21-15(20)19-10-6-7-12(19)11-18-14-9-5-4-8-13(14)17/h4-5,8-9,12,18H,6-7,10-11H2,1-3H3. The summed E-state index contributed by atoms with van der Waals surface area (Å²) in [5, 5.41) is 3.08. The van der Waals surface area contributed by atoms with Gasteiger partial charge in [-0.05, 0) is 45.7 Å². The zero-order chi connectivity index (χ0) is 15.5. The second-order valence-corrected chi connectivity index (χ2v) is 6.33. The zero-order valence-electron chi connectivity index (χ0n) is 12.9. The Labute approximate surface area is 125 Å². The number of halogens is 1. The summed E-state index contributed by atoms with van der Waals surface area (Å²) in [5.41, 5.74) is -0.0306. The summed E-state index contributed by atoms with van der Waals surface area (Å²) in [6, 6.07) is 6.60. The minimum absolute atomic E-state index is 0.0412. The van der Waals surface area contributed by atoms with Gasteiger partial charge in [-0.2, -0.15) is 0 Å². The first kappa shape index (κ1) is 15.6. The average molecular weight is 294 g/mol. The topological polar surface area (TPSA) is 41.6 Å². The average Bonchev–Trinajstić information content (AvgIpc) is 2.84. The first-order valence-corrected chi connectivity index (χ1v) is 7.35. The first-order chi connectivity index (χ1) is 9.87. The normalized spacial score (nSPS) is 18.7. The SMILES string of the molecule is CC(C)(C)OC(=O)N1CCCC1CNc1ccccc1F. The van der Waals surface area contributed by atoms with Crippen LogP contribution in [0.2, 0.25) is 0 Å².